The second-order valence-corrected chi connectivity index (χ2v) is 6.85. The molecule has 2 fully saturated rings. The van der Waals surface area contributed by atoms with Crippen LogP contribution in [0.15, 0.2) is 36.5 Å². The summed E-state index contributed by atoms with van der Waals surface area (Å²) >= 11 is 0. The Balaban J connectivity index is 1.48. The van der Waals surface area contributed by atoms with Crippen LogP contribution >= 0.6 is 0 Å². The van der Waals surface area contributed by atoms with Crippen molar-refractivity contribution in [3.8, 4) is 11.3 Å². The quantitative estimate of drug-likeness (QED) is 0.915. The van der Waals surface area contributed by atoms with E-state index >= 15 is 0 Å². The number of benzene rings is 1. The first kappa shape index (κ1) is 14.0. The van der Waals surface area contributed by atoms with E-state index in [0.29, 0.717) is 5.41 Å². The Bertz CT molecular complexity index is 613. The first-order chi connectivity index (χ1) is 10.8. The van der Waals surface area contributed by atoms with Crippen molar-refractivity contribution in [3.63, 3.8) is 0 Å². The molecule has 1 spiro atoms. The first-order valence-electron chi connectivity index (χ1n) is 8.35. The van der Waals surface area contributed by atoms with Crippen LogP contribution < -0.4 is 5.32 Å². The van der Waals surface area contributed by atoms with Gasteiger partial charge in [0.15, 0.2) is 0 Å². The van der Waals surface area contributed by atoms with Crippen molar-refractivity contribution in [2.45, 2.75) is 25.8 Å². The maximum absolute atomic E-state index is 4.28. The smallest absolute Gasteiger partial charge is 0.0695 e. The highest BCUT2D eigenvalue weighted by molar-refractivity contribution is 5.62. The van der Waals surface area contributed by atoms with Crippen LogP contribution in [0, 0.1) is 5.41 Å². The number of piperidine rings is 1. The molecule has 0 bridgehead atoms. The van der Waals surface area contributed by atoms with E-state index in [1.165, 1.54) is 62.3 Å². The van der Waals surface area contributed by atoms with Gasteiger partial charge in [-0.15, -0.1) is 0 Å². The molecule has 4 heteroatoms. The summed E-state index contributed by atoms with van der Waals surface area (Å²) in [5.74, 6) is 0. The summed E-state index contributed by atoms with van der Waals surface area (Å²) < 4.78 is 0. The highest BCUT2D eigenvalue weighted by Gasteiger charge is 2.38. The van der Waals surface area contributed by atoms with Crippen molar-refractivity contribution in [1.29, 1.82) is 0 Å². The summed E-state index contributed by atoms with van der Waals surface area (Å²) in [4.78, 5) is 2.61. The van der Waals surface area contributed by atoms with Gasteiger partial charge in [0.25, 0.3) is 0 Å². The lowest BCUT2D eigenvalue weighted by molar-refractivity contribution is 0.194. The van der Waals surface area contributed by atoms with Gasteiger partial charge in [0, 0.05) is 18.7 Å². The minimum Gasteiger partial charge on any atom is -0.317 e. The number of hydrogen-bond acceptors (Lipinski definition) is 3. The van der Waals surface area contributed by atoms with E-state index in [1.54, 1.807) is 0 Å². The normalized spacial score (nSPS) is 21.5. The van der Waals surface area contributed by atoms with Crippen molar-refractivity contribution < 1.29 is 0 Å². The molecule has 0 radical (unpaired) electrons. The van der Waals surface area contributed by atoms with Gasteiger partial charge >= 0.3 is 0 Å². The van der Waals surface area contributed by atoms with E-state index in [2.05, 4.69) is 50.7 Å². The van der Waals surface area contributed by atoms with E-state index < -0.39 is 0 Å². The number of aromatic nitrogens is 2. The van der Waals surface area contributed by atoms with Crippen LogP contribution in [0.5, 0.6) is 0 Å². The molecule has 2 aliphatic heterocycles. The zero-order valence-corrected chi connectivity index (χ0v) is 13.0. The molecule has 3 heterocycles. The summed E-state index contributed by atoms with van der Waals surface area (Å²) in [6.45, 7) is 5.85. The van der Waals surface area contributed by atoms with E-state index in [1.807, 2.05) is 6.20 Å². The van der Waals surface area contributed by atoms with Gasteiger partial charge in [-0.2, -0.15) is 5.10 Å². The average Bonchev–Trinajstić information content (AvgIpc) is 3.17. The van der Waals surface area contributed by atoms with E-state index in [9.17, 15) is 0 Å². The number of hydrogen-bond donors (Lipinski definition) is 2. The fraction of sp³-hybridized carbons (Fsp3) is 0.500. The summed E-state index contributed by atoms with van der Waals surface area (Å²) in [5.41, 5.74) is 4.29. The molecule has 4 rings (SSSR count). The summed E-state index contributed by atoms with van der Waals surface area (Å²) in [5, 5.41) is 11.0. The third kappa shape index (κ3) is 2.69. The standard InChI is InChI=1S/C18H24N4/c1-2-4-15(5-3-1)17-16(12-20-21-17)13-22-11-8-18(14-22)6-9-19-10-7-18/h1-5,12,19H,6-11,13-14H2,(H,20,21). The lowest BCUT2D eigenvalue weighted by Gasteiger charge is -2.33. The first-order valence-corrected chi connectivity index (χ1v) is 8.35. The molecule has 1 aromatic carbocycles. The van der Waals surface area contributed by atoms with E-state index in [4.69, 9.17) is 0 Å². The number of aromatic amines is 1. The Morgan fingerprint density at radius 1 is 1.09 bits per heavy atom. The minimum atomic E-state index is 0.571. The van der Waals surface area contributed by atoms with E-state index in [-0.39, 0.29) is 0 Å². The zero-order valence-electron chi connectivity index (χ0n) is 13.0. The predicted molar refractivity (Wildman–Crippen MR) is 88.5 cm³/mol. The predicted octanol–water partition coefficient (Wildman–Crippen LogP) is 2.65. The van der Waals surface area contributed by atoms with Crippen LogP contribution in [0.2, 0.25) is 0 Å². The summed E-state index contributed by atoms with van der Waals surface area (Å²) in [6.07, 6.45) is 6.02. The number of nitrogens with zero attached hydrogens (tertiary/aromatic N) is 2. The topological polar surface area (TPSA) is 44.0 Å². The molecule has 0 saturated carbocycles. The van der Waals surface area contributed by atoms with E-state index in [0.717, 1.165) is 6.54 Å². The third-order valence-electron chi connectivity index (χ3n) is 5.36. The van der Waals surface area contributed by atoms with Crippen molar-refractivity contribution in [1.82, 2.24) is 20.4 Å². The molecule has 2 aliphatic rings. The Kier molecular flexibility index (Phi) is 3.72. The summed E-state index contributed by atoms with van der Waals surface area (Å²) in [7, 11) is 0. The van der Waals surface area contributed by atoms with Gasteiger partial charge in [-0.3, -0.25) is 10.00 Å². The zero-order chi connectivity index (χ0) is 14.8. The largest absolute Gasteiger partial charge is 0.317 e. The van der Waals surface area contributed by atoms with Crippen LogP contribution in [0.1, 0.15) is 24.8 Å². The molecule has 2 saturated heterocycles. The number of nitrogens with one attached hydrogen (secondary N) is 2. The molecular weight excluding hydrogens is 272 g/mol. The fourth-order valence-corrected chi connectivity index (χ4v) is 4.05. The molecular formula is C18H24N4. The maximum atomic E-state index is 4.28. The van der Waals surface area contributed by atoms with Gasteiger partial charge in [0.05, 0.1) is 11.9 Å². The molecule has 0 aliphatic carbocycles. The van der Waals surface area contributed by atoms with Gasteiger partial charge in [0.2, 0.25) is 0 Å². The minimum absolute atomic E-state index is 0.571. The third-order valence-corrected chi connectivity index (χ3v) is 5.36. The number of likely N-dealkylation sites (tertiary alicyclic amines) is 1. The highest BCUT2D eigenvalue weighted by Crippen LogP contribution is 2.39. The van der Waals surface area contributed by atoms with Crippen molar-refractivity contribution >= 4 is 0 Å². The van der Waals surface area contributed by atoms with Gasteiger partial charge in [-0.25, -0.2) is 0 Å². The monoisotopic (exact) mass is 296 g/mol. The molecule has 2 aromatic rings. The molecule has 2 N–H and O–H groups in total. The van der Waals surface area contributed by atoms with Gasteiger partial charge in [0.1, 0.15) is 0 Å². The van der Waals surface area contributed by atoms with Gasteiger partial charge in [-0.1, -0.05) is 30.3 Å². The molecule has 1 aromatic heterocycles. The second kappa shape index (κ2) is 5.86. The Morgan fingerprint density at radius 3 is 2.73 bits per heavy atom. The number of rotatable bonds is 3. The van der Waals surface area contributed by atoms with Crippen LogP contribution in [0.3, 0.4) is 0 Å². The van der Waals surface area contributed by atoms with Crippen LogP contribution in [-0.2, 0) is 6.54 Å². The average molecular weight is 296 g/mol. The van der Waals surface area contributed by atoms with Crippen molar-refractivity contribution in [3.05, 3.63) is 42.1 Å². The SMILES string of the molecule is c1ccc(-c2[nH]ncc2CN2CCC3(CCNCC3)C2)cc1. The number of H-pyrrole nitrogens is 1. The molecule has 0 amide bonds. The maximum Gasteiger partial charge on any atom is 0.0695 e. The Labute approximate surface area is 131 Å². The Morgan fingerprint density at radius 2 is 1.91 bits per heavy atom. The van der Waals surface area contributed by atoms with Gasteiger partial charge in [-0.05, 0) is 49.9 Å². The van der Waals surface area contributed by atoms with Crippen LogP contribution in [0.25, 0.3) is 11.3 Å². The molecule has 22 heavy (non-hydrogen) atoms. The fourth-order valence-electron chi connectivity index (χ4n) is 4.05. The van der Waals surface area contributed by atoms with Crippen molar-refractivity contribution in [2.24, 2.45) is 5.41 Å². The molecule has 116 valence electrons. The highest BCUT2D eigenvalue weighted by atomic mass is 15.2. The van der Waals surface area contributed by atoms with Gasteiger partial charge < -0.3 is 5.32 Å². The molecule has 4 nitrogen and oxygen atoms in total. The van der Waals surface area contributed by atoms with Crippen LogP contribution in [0.4, 0.5) is 0 Å². The van der Waals surface area contributed by atoms with Crippen LogP contribution in [-0.4, -0.2) is 41.3 Å². The lowest BCUT2D eigenvalue weighted by atomic mass is 9.78. The molecule has 0 atom stereocenters. The lowest BCUT2D eigenvalue weighted by Crippen LogP contribution is -2.38. The van der Waals surface area contributed by atoms with Crippen molar-refractivity contribution in [2.75, 3.05) is 26.2 Å². The Hall–Kier alpha value is -1.65. The summed E-state index contributed by atoms with van der Waals surface area (Å²) in [6, 6.07) is 10.5. The molecule has 0 unspecified atom stereocenters. The second-order valence-electron chi connectivity index (χ2n) is 6.85.